The number of ether oxygens (including phenoxy) is 1. The first-order chi connectivity index (χ1) is 10.1. The number of para-hydroxylation sites is 1. The van der Waals surface area contributed by atoms with Gasteiger partial charge >= 0.3 is 0 Å². The van der Waals surface area contributed by atoms with Crippen LogP contribution in [0, 0.1) is 6.92 Å². The van der Waals surface area contributed by atoms with E-state index in [1.165, 1.54) is 0 Å². The molecule has 0 aliphatic carbocycles. The highest BCUT2D eigenvalue weighted by Gasteiger charge is 2.23. The Morgan fingerprint density at radius 2 is 2.10 bits per heavy atom. The third-order valence-corrected chi connectivity index (χ3v) is 4.04. The monoisotopic (exact) mass is 288 g/mol. The van der Waals surface area contributed by atoms with Crippen molar-refractivity contribution in [1.82, 2.24) is 9.88 Å². The predicted molar refractivity (Wildman–Crippen MR) is 86.0 cm³/mol. The summed E-state index contributed by atoms with van der Waals surface area (Å²) in [4.78, 5) is 18.2. The molecule has 1 unspecified atom stereocenters. The summed E-state index contributed by atoms with van der Waals surface area (Å²) in [5.41, 5.74) is 2.78. The van der Waals surface area contributed by atoms with E-state index in [1.54, 1.807) is 7.11 Å². The number of benzene rings is 1. The van der Waals surface area contributed by atoms with Crippen LogP contribution in [0.1, 0.15) is 29.4 Å². The van der Waals surface area contributed by atoms with E-state index in [0.717, 1.165) is 41.7 Å². The molecule has 0 radical (unpaired) electrons. The zero-order valence-electron chi connectivity index (χ0n) is 13.3. The fraction of sp³-hybridized carbons (Fsp3) is 0.471. The largest absolute Gasteiger partial charge is 0.385 e. The second-order valence-electron chi connectivity index (χ2n) is 5.54. The number of methoxy groups -OCH3 is 1. The second-order valence-corrected chi connectivity index (χ2v) is 5.54. The number of ketones is 1. The molecule has 0 amide bonds. The van der Waals surface area contributed by atoms with E-state index in [0.29, 0.717) is 0 Å². The van der Waals surface area contributed by atoms with Gasteiger partial charge in [-0.1, -0.05) is 18.2 Å². The van der Waals surface area contributed by atoms with Crippen molar-refractivity contribution in [3.05, 3.63) is 35.5 Å². The first-order valence-corrected chi connectivity index (χ1v) is 7.37. The third-order valence-electron chi connectivity index (χ3n) is 4.04. The predicted octanol–water partition coefficient (Wildman–Crippen LogP) is 3.02. The Bertz CT molecular complexity index is 618. The standard InChI is InChI=1S/C17H24N2O2/c1-12-16(14-8-5-6-9-15(14)18-12)17(20)13(2)19(3)10-7-11-21-4/h5-6,8-9,13,18H,7,10-11H2,1-4H3. The minimum Gasteiger partial charge on any atom is -0.385 e. The molecular weight excluding hydrogens is 264 g/mol. The molecule has 0 fully saturated rings. The van der Waals surface area contributed by atoms with Crippen molar-refractivity contribution >= 4 is 16.7 Å². The molecule has 0 aliphatic heterocycles. The fourth-order valence-electron chi connectivity index (χ4n) is 2.66. The smallest absolute Gasteiger partial charge is 0.182 e. The van der Waals surface area contributed by atoms with Gasteiger partial charge in [0.25, 0.3) is 0 Å². The minimum atomic E-state index is -0.139. The van der Waals surface area contributed by atoms with Gasteiger partial charge in [-0.2, -0.15) is 0 Å². The van der Waals surface area contributed by atoms with Gasteiger partial charge in [0.05, 0.1) is 6.04 Å². The number of nitrogens with one attached hydrogen (secondary N) is 1. The molecule has 1 aromatic carbocycles. The van der Waals surface area contributed by atoms with E-state index in [4.69, 9.17) is 4.74 Å². The van der Waals surface area contributed by atoms with Crippen LogP contribution in [-0.2, 0) is 4.74 Å². The van der Waals surface area contributed by atoms with Crippen molar-refractivity contribution in [1.29, 1.82) is 0 Å². The Hall–Kier alpha value is -1.65. The van der Waals surface area contributed by atoms with Gasteiger partial charge in [0.2, 0.25) is 0 Å². The number of hydrogen-bond acceptors (Lipinski definition) is 3. The van der Waals surface area contributed by atoms with Crippen LogP contribution < -0.4 is 0 Å². The zero-order chi connectivity index (χ0) is 15.4. The number of aromatic nitrogens is 1. The fourth-order valence-corrected chi connectivity index (χ4v) is 2.66. The number of rotatable bonds is 7. The first-order valence-electron chi connectivity index (χ1n) is 7.37. The first kappa shape index (κ1) is 15.7. The summed E-state index contributed by atoms with van der Waals surface area (Å²) >= 11 is 0. The van der Waals surface area contributed by atoms with Gasteiger partial charge in [0.1, 0.15) is 0 Å². The molecule has 1 N–H and O–H groups in total. The number of aryl methyl sites for hydroxylation is 1. The molecule has 0 spiro atoms. The van der Waals surface area contributed by atoms with E-state index in [1.807, 2.05) is 45.2 Å². The Kier molecular flexibility index (Phi) is 5.15. The summed E-state index contributed by atoms with van der Waals surface area (Å²) in [6, 6.07) is 7.82. The van der Waals surface area contributed by atoms with Crippen molar-refractivity contribution in [3.8, 4) is 0 Å². The number of aromatic amines is 1. The van der Waals surface area contributed by atoms with E-state index < -0.39 is 0 Å². The molecule has 1 heterocycles. The van der Waals surface area contributed by atoms with Gasteiger partial charge < -0.3 is 9.72 Å². The Balaban J connectivity index is 2.19. The van der Waals surface area contributed by atoms with Crippen LogP contribution in [0.3, 0.4) is 0 Å². The van der Waals surface area contributed by atoms with Gasteiger partial charge in [-0.3, -0.25) is 9.69 Å². The molecule has 1 atom stereocenters. The van der Waals surface area contributed by atoms with Crippen LogP contribution >= 0.6 is 0 Å². The molecule has 114 valence electrons. The van der Waals surface area contributed by atoms with E-state index in [2.05, 4.69) is 9.88 Å². The number of fused-ring (bicyclic) bond motifs is 1. The Morgan fingerprint density at radius 3 is 2.81 bits per heavy atom. The molecule has 0 saturated heterocycles. The summed E-state index contributed by atoms with van der Waals surface area (Å²) in [6.07, 6.45) is 0.928. The average molecular weight is 288 g/mol. The lowest BCUT2D eigenvalue weighted by atomic mass is 10.0. The lowest BCUT2D eigenvalue weighted by Gasteiger charge is -2.23. The number of hydrogen-bond donors (Lipinski definition) is 1. The molecule has 0 bridgehead atoms. The van der Waals surface area contributed by atoms with Crippen molar-refractivity contribution in [3.63, 3.8) is 0 Å². The van der Waals surface area contributed by atoms with E-state index in [-0.39, 0.29) is 11.8 Å². The summed E-state index contributed by atoms with van der Waals surface area (Å²) in [6.45, 7) is 5.50. The number of nitrogens with zero attached hydrogens (tertiary/aromatic N) is 1. The van der Waals surface area contributed by atoms with E-state index >= 15 is 0 Å². The molecule has 21 heavy (non-hydrogen) atoms. The molecule has 0 aliphatic rings. The maximum absolute atomic E-state index is 12.8. The highest BCUT2D eigenvalue weighted by atomic mass is 16.5. The number of likely N-dealkylation sites (N-methyl/N-ethyl adjacent to an activating group) is 1. The molecule has 2 rings (SSSR count). The number of H-pyrrole nitrogens is 1. The summed E-state index contributed by atoms with van der Waals surface area (Å²) < 4.78 is 5.06. The zero-order valence-corrected chi connectivity index (χ0v) is 13.3. The van der Waals surface area contributed by atoms with Crippen LogP contribution in [0.4, 0.5) is 0 Å². The van der Waals surface area contributed by atoms with Crippen LogP contribution in [-0.4, -0.2) is 49.0 Å². The highest BCUT2D eigenvalue weighted by Crippen LogP contribution is 2.24. The highest BCUT2D eigenvalue weighted by molar-refractivity contribution is 6.11. The average Bonchev–Trinajstić information content (AvgIpc) is 2.81. The Labute approximate surface area is 126 Å². The van der Waals surface area contributed by atoms with Crippen LogP contribution in [0.25, 0.3) is 10.9 Å². The van der Waals surface area contributed by atoms with Gasteiger partial charge in [-0.25, -0.2) is 0 Å². The summed E-state index contributed by atoms with van der Waals surface area (Å²) in [7, 11) is 3.69. The number of carbonyl (C=O) groups is 1. The maximum Gasteiger partial charge on any atom is 0.182 e. The molecule has 0 saturated carbocycles. The lowest BCUT2D eigenvalue weighted by Crippen LogP contribution is -2.37. The SMILES string of the molecule is COCCCN(C)C(C)C(=O)c1c(C)[nH]c2ccccc12. The van der Waals surface area contributed by atoms with Crippen LogP contribution in [0.15, 0.2) is 24.3 Å². The van der Waals surface area contributed by atoms with Crippen molar-refractivity contribution < 1.29 is 9.53 Å². The molecule has 4 heteroatoms. The second kappa shape index (κ2) is 6.87. The molecular formula is C17H24N2O2. The number of Topliss-reactive ketones (excluding diaryl/α,β-unsaturated/α-hetero) is 1. The summed E-state index contributed by atoms with van der Waals surface area (Å²) in [5, 5.41) is 1.01. The van der Waals surface area contributed by atoms with Crippen LogP contribution in [0.2, 0.25) is 0 Å². The molecule has 4 nitrogen and oxygen atoms in total. The normalized spacial score (nSPS) is 13.0. The lowest BCUT2D eigenvalue weighted by molar-refractivity contribution is 0.0856. The quantitative estimate of drug-likeness (QED) is 0.629. The maximum atomic E-state index is 12.8. The van der Waals surface area contributed by atoms with Crippen molar-refractivity contribution in [2.24, 2.45) is 0 Å². The van der Waals surface area contributed by atoms with Gasteiger partial charge in [-0.05, 0) is 33.4 Å². The molecule has 1 aromatic heterocycles. The summed E-state index contributed by atoms with van der Waals surface area (Å²) in [5.74, 6) is 0.171. The van der Waals surface area contributed by atoms with Crippen molar-refractivity contribution in [2.75, 3.05) is 27.3 Å². The van der Waals surface area contributed by atoms with Crippen LogP contribution in [0.5, 0.6) is 0 Å². The molecule has 2 aromatic rings. The Morgan fingerprint density at radius 1 is 1.38 bits per heavy atom. The van der Waals surface area contributed by atoms with Gasteiger partial charge in [-0.15, -0.1) is 0 Å². The topological polar surface area (TPSA) is 45.3 Å². The van der Waals surface area contributed by atoms with Crippen molar-refractivity contribution in [2.45, 2.75) is 26.3 Å². The minimum absolute atomic E-state index is 0.139. The van der Waals surface area contributed by atoms with Gasteiger partial charge in [0, 0.05) is 42.4 Å². The number of carbonyl (C=O) groups excluding carboxylic acids is 1. The van der Waals surface area contributed by atoms with Gasteiger partial charge in [0.15, 0.2) is 5.78 Å². The van der Waals surface area contributed by atoms with E-state index in [9.17, 15) is 4.79 Å². The third kappa shape index (κ3) is 3.34.